The Hall–Kier alpha value is -2.88. The topological polar surface area (TPSA) is 74.9 Å². The average molecular weight is 508 g/mol. The van der Waals surface area contributed by atoms with Gasteiger partial charge in [-0.3, -0.25) is 9.69 Å². The average Bonchev–Trinajstić information content (AvgIpc) is 3.61. The van der Waals surface area contributed by atoms with E-state index in [1.54, 1.807) is 13.2 Å². The van der Waals surface area contributed by atoms with Gasteiger partial charge in [-0.05, 0) is 30.5 Å². The minimum absolute atomic E-state index is 0.0178. The largest absolute Gasteiger partial charge is 0.455 e. The van der Waals surface area contributed by atoms with Crippen molar-refractivity contribution < 1.29 is 13.9 Å². The van der Waals surface area contributed by atoms with Crippen molar-refractivity contribution in [2.45, 2.75) is 36.9 Å². The SMILES string of the molecule is COCc1cc(N2CCN(Cc3ccccc3)CC2)nc(SCc2ccc(C(=O)N3CCCC3)o2)n1. The van der Waals surface area contributed by atoms with Gasteiger partial charge in [0.25, 0.3) is 5.91 Å². The fourth-order valence-electron chi connectivity index (χ4n) is 4.67. The van der Waals surface area contributed by atoms with Gasteiger partial charge in [0.1, 0.15) is 11.6 Å². The van der Waals surface area contributed by atoms with Crippen molar-refractivity contribution >= 4 is 23.5 Å². The number of ether oxygens (including phenoxy) is 1. The molecule has 2 aromatic heterocycles. The van der Waals surface area contributed by atoms with Crippen LogP contribution < -0.4 is 4.90 Å². The van der Waals surface area contributed by atoms with Crippen LogP contribution in [-0.2, 0) is 23.6 Å². The molecule has 2 fully saturated rings. The van der Waals surface area contributed by atoms with E-state index in [2.05, 4.69) is 45.1 Å². The number of hydrogen-bond donors (Lipinski definition) is 0. The van der Waals surface area contributed by atoms with Crippen LogP contribution in [0.3, 0.4) is 0 Å². The highest BCUT2D eigenvalue weighted by molar-refractivity contribution is 7.98. The highest BCUT2D eigenvalue weighted by Crippen LogP contribution is 2.26. The van der Waals surface area contributed by atoms with Gasteiger partial charge < -0.3 is 19.0 Å². The first-order valence-corrected chi connectivity index (χ1v) is 13.6. The number of piperazine rings is 1. The molecule has 0 aliphatic carbocycles. The standard InChI is InChI=1S/C27H33N5O3S/c1-34-19-22-17-25(31-15-13-30(14-16-31)18-21-7-3-2-4-8-21)29-27(28-22)36-20-23-9-10-24(35-23)26(33)32-11-5-6-12-32/h2-4,7-10,17H,5-6,11-16,18-20H2,1H3. The maximum atomic E-state index is 12.6. The van der Waals surface area contributed by atoms with Crippen molar-refractivity contribution in [1.29, 1.82) is 0 Å². The molecular formula is C27H33N5O3S. The number of amides is 1. The summed E-state index contributed by atoms with van der Waals surface area (Å²) in [5, 5.41) is 0.690. The Morgan fingerprint density at radius 2 is 1.78 bits per heavy atom. The molecule has 2 aliphatic heterocycles. The van der Waals surface area contributed by atoms with Crippen molar-refractivity contribution in [3.8, 4) is 0 Å². The molecule has 5 rings (SSSR count). The molecule has 8 nitrogen and oxygen atoms in total. The minimum atomic E-state index is -0.0178. The molecule has 0 atom stereocenters. The molecule has 2 aliphatic rings. The number of anilines is 1. The Morgan fingerprint density at radius 3 is 2.53 bits per heavy atom. The summed E-state index contributed by atoms with van der Waals surface area (Å²) in [6, 6.07) is 16.3. The van der Waals surface area contributed by atoms with Crippen molar-refractivity contribution in [1.82, 2.24) is 19.8 Å². The predicted molar refractivity (Wildman–Crippen MR) is 140 cm³/mol. The summed E-state index contributed by atoms with van der Waals surface area (Å²) < 4.78 is 11.2. The number of aromatic nitrogens is 2. The smallest absolute Gasteiger partial charge is 0.289 e. The first-order valence-electron chi connectivity index (χ1n) is 12.6. The van der Waals surface area contributed by atoms with Crippen LogP contribution >= 0.6 is 11.8 Å². The van der Waals surface area contributed by atoms with Gasteiger partial charge in [0, 0.05) is 59.0 Å². The normalized spacial score (nSPS) is 16.6. The second-order valence-corrected chi connectivity index (χ2v) is 10.2. The van der Waals surface area contributed by atoms with Crippen LogP contribution in [0, 0.1) is 0 Å². The van der Waals surface area contributed by atoms with Crippen LogP contribution in [0.25, 0.3) is 0 Å². The molecule has 2 saturated heterocycles. The van der Waals surface area contributed by atoms with Gasteiger partial charge in [0.15, 0.2) is 10.9 Å². The van der Waals surface area contributed by atoms with Crippen LogP contribution in [0.4, 0.5) is 5.82 Å². The maximum Gasteiger partial charge on any atom is 0.289 e. The summed E-state index contributed by atoms with van der Waals surface area (Å²) in [7, 11) is 1.68. The third-order valence-electron chi connectivity index (χ3n) is 6.59. The molecule has 0 saturated carbocycles. The van der Waals surface area contributed by atoms with Gasteiger partial charge in [-0.1, -0.05) is 42.1 Å². The van der Waals surface area contributed by atoms with Gasteiger partial charge in [0.05, 0.1) is 18.1 Å². The lowest BCUT2D eigenvalue weighted by molar-refractivity contribution is 0.0760. The number of likely N-dealkylation sites (tertiary alicyclic amines) is 1. The summed E-state index contributed by atoms with van der Waals surface area (Å²) >= 11 is 1.52. The van der Waals surface area contributed by atoms with Crippen LogP contribution in [0.2, 0.25) is 0 Å². The van der Waals surface area contributed by atoms with E-state index in [4.69, 9.17) is 14.1 Å². The summed E-state index contributed by atoms with van der Waals surface area (Å²) in [5.74, 6) is 2.64. The zero-order valence-corrected chi connectivity index (χ0v) is 21.6. The molecule has 190 valence electrons. The Balaban J connectivity index is 1.21. The molecule has 1 aromatic carbocycles. The van der Waals surface area contributed by atoms with Gasteiger partial charge in [-0.2, -0.15) is 0 Å². The maximum absolute atomic E-state index is 12.6. The van der Waals surface area contributed by atoms with Gasteiger partial charge in [-0.15, -0.1) is 0 Å². The number of carbonyl (C=O) groups excluding carboxylic acids is 1. The van der Waals surface area contributed by atoms with Crippen molar-refractivity contribution in [3.63, 3.8) is 0 Å². The molecule has 9 heteroatoms. The lowest BCUT2D eigenvalue weighted by Gasteiger charge is -2.35. The van der Waals surface area contributed by atoms with E-state index < -0.39 is 0 Å². The van der Waals surface area contributed by atoms with Gasteiger partial charge in [0.2, 0.25) is 0 Å². The Kier molecular flexibility index (Phi) is 8.20. The molecule has 1 amide bonds. The molecule has 0 bridgehead atoms. The van der Waals surface area contributed by atoms with Crippen LogP contribution in [0.5, 0.6) is 0 Å². The lowest BCUT2D eigenvalue weighted by atomic mass is 10.2. The van der Waals surface area contributed by atoms with Crippen molar-refractivity contribution in [2.75, 3.05) is 51.3 Å². The van der Waals surface area contributed by atoms with E-state index in [1.165, 1.54) is 17.3 Å². The Morgan fingerprint density at radius 1 is 1.00 bits per heavy atom. The predicted octanol–water partition coefficient (Wildman–Crippen LogP) is 4.07. The second-order valence-electron chi connectivity index (χ2n) is 9.24. The third kappa shape index (κ3) is 6.27. The second kappa shape index (κ2) is 11.9. The molecule has 0 unspecified atom stereocenters. The number of methoxy groups -OCH3 is 1. The first-order chi connectivity index (χ1) is 17.7. The van der Waals surface area contributed by atoms with Crippen LogP contribution in [0.15, 0.2) is 58.1 Å². The van der Waals surface area contributed by atoms with E-state index in [0.29, 0.717) is 23.3 Å². The van der Waals surface area contributed by atoms with Crippen molar-refractivity contribution in [2.24, 2.45) is 0 Å². The Labute approximate surface area is 216 Å². The summed E-state index contributed by atoms with van der Waals surface area (Å²) in [6.45, 7) is 6.84. The van der Waals surface area contributed by atoms with Crippen molar-refractivity contribution in [3.05, 3.63) is 71.3 Å². The fraction of sp³-hybridized carbons (Fsp3) is 0.444. The van der Waals surface area contributed by atoms with E-state index in [0.717, 1.165) is 75.9 Å². The molecule has 36 heavy (non-hydrogen) atoms. The fourth-order valence-corrected chi connectivity index (χ4v) is 5.43. The van der Waals surface area contributed by atoms with Crippen LogP contribution in [0.1, 0.15) is 40.4 Å². The van der Waals surface area contributed by atoms with Gasteiger partial charge in [-0.25, -0.2) is 9.97 Å². The lowest BCUT2D eigenvalue weighted by Crippen LogP contribution is -2.46. The van der Waals surface area contributed by atoms with Crippen LogP contribution in [-0.4, -0.2) is 72.1 Å². The number of furan rings is 1. The van der Waals surface area contributed by atoms with Gasteiger partial charge >= 0.3 is 0 Å². The highest BCUT2D eigenvalue weighted by Gasteiger charge is 2.23. The van der Waals surface area contributed by atoms with E-state index in [-0.39, 0.29) is 5.91 Å². The molecule has 0 N–H and O–H groups in total. The molecule has 4 heterocycles. The summed E-state index contributed by atoms with van der Waals surface area (Å²) in [6.07, 6.45) is 2.13. The number of hydrogen-bond acceptors (Lipinski definition) is 8. The first kappa shape index (κ1) is 24.8. The monoisotopic (exact) mass is 507 g/mol. The number of carbonyl (C=O) groups is 1. The zero-order chi connectivity index (χ0) is 24.7. The number of benzene rings is 1. The molecule has 3 aromatic rings. The third-order valence-corrected chi connectivity index (χ3v) is 7.46. The molecule has 0 radical (unpaired) electrons. The van der Waals surface area contributed by atoms with E-state index in [9.17, 15) is 4.79 Å². The van der Waals surface area contributed by atoms with E-state index >= 15 is 0 Å². The number of rotatable bonds is 9. The summed E-state index contributed by atoms with van der Waals surface area (Å²) in [5.41, 5.74) is 2.21. The highest BCUT2D eigenvalue weighted by atomic mass is 32.2. The molecular weight excluding hydrogens is 474 g/mol. The Bertz CT molecular complexity index is 1140. The minimum Gasteiger partial charge on any atom is -0.455 e. The zero-order valence-electron chi connectivity index (χ0n) is 20.8. The summed E-state index contributed by atoms with van der Waals surface area (Å²) in [4.78, 5) is 28.8. The van der Waals surface area contributed by atoms with E-state index in [1.807, 2.05) is 17.0 Å². The number of nitrogens with zero attached hydrogens (tertiary/aromatic N) is 5. The number of thioether (sulfide) groups is 1. The quantitative estimate of drug-likeness (QED) is 0.317. The molecule has 0 spiro atoms.